The smallest absolute Gasteiger partial charge is 0.220 e. The molecule has 0 bridgehead atoms. The maximum Gasteiger partial charge on any atom is 0.220 e. The molecule has 0 heterocycles. The second kappa shape index (κ2) is 52.8. The Morgan fingerprint density at radius 1 is 0.354 bits per heavy atom. The second-order valence-electron chi connectivity index (χ2n) is 22.8. The summed E-state index contributed by atoms with van der Waals surface area (Å²) in [5.74, 6) is 3.43. The van der Waals surface area contributed by atoms with Crippen LogP contribution in [0.3, 0.4) is 0 Å². The van der Waals surface area contributed by atoms with Crippen molar-refractivity contribution in [1.29, 1.82) is 0 Å². The molecule has 3 heteroatoms. The number of hydrogen-bond acceptors (Lipinski definition) is 2. The molecular formula is C62H126N2O. The highest BCUT2D eigenvalue weighted by Crippen LogP contribution is 2.29. The lowest BCUT2D eigenvalue weighted by atomic mass is 9.83. The Balaban J connectivity index is 4.64. The molecule has 0 rings (SSSR count). The summed E-state index contributed by atoms with van der Waals surface area (Å²) in [5, 5.41) is 3.25. The molecule has 0 aliphatic heterocycles. The molecule has 1 N–H and O–H groups in total. The van der Waals surface area contributed by atoms with Gasteiger partial charge in [0.1, 0.15) is 0 Å². The number of nitrogens with one attached hydrogen (secondary N) is 1. The van der Waals surface area contributed by atoms with Crippen molar-refractivity contribution < 1.29 is 4.79 Å². The Hall–Kier alpha value is -0.570. The van der Waals surface area contributed by atoms with E-state index in [0.29, 0.717) is 12.3 Å². The molecule has 0 aromatic rings. The van der Waals surface area contributed by atoms with Crippen LogP contribution in [0, 0.1) is 23.7 Å². The molecule has 0 aliphatic carbocycles. The number of carbonyl (C=O) groups is 1. The maximum atomic E-state index is 12.4. The third kappa shape index (κ3) is 51.1. The SMILES string of the molecule is CCCCCCCCCCCCCCCCCCC(CCCCCCCCC(CCCCCCCCCC)CCCCCCCCCCC)CC(C)CC(C)CNC(=O)CCCN(C)C. The van der Waals surface area contributed by atoms with E-state index >= 15 is 0 Å². The number of unbranched alkanes of at least 4 members (excludes halogenated alkanes) is 35. The van der Waals surface area contributed by atoms with Crippen molar-refractivity contribution in [1.82, 2.24) is 10.2 Å². The summed E-state index contributed by atoms with van der Waals surface area (Å²) in [7, 11) is 4.17. The summed E-state index contributed by atoms with van der Waals surface area (Å²) < 4.78 is 0. The van der Waals surface area contributed by atoms with Gasteiger partial charge in [0, 0.05) is 13.0 Å². The van der Waals surface area contributed by atoms with Gasteiger partial charge in [-0.25, -0.2) is 0 Å². The quantitative estimate of drug-likeness (QED) is 0.0617. The van der Waals surface area contributed by atoms with Crippen LogP contribution in [0.15, 0.2) is 0 Å². The predicted molar refractivity (Wildman–Crippen MR) is 296 cm³/mol. The number of carbonyl (C=O) groups excluding carboxylic acids is 1. The first-order valence-corrected chi connectivity index (χ1v) is 30.7. The van der Waals surface area contributed by atoms with E-state index in [-0.39, 0.29) is 5.91 Å². The highest BCUT2D eigenvalue weighted by atomic mass is 16.1. The van der Waals surface area contributed by atoms with Crippen molar-refractivity contribution >= 4 is 5.91 Å². The van der Waals surface area contributed by atoms with Crippen LogP contribution in [0.2, 0.25) is 0 Å². The normalized spacial score (nSPS) is 13.7. The molecule has 1 amide bonds. The largest absolute Gasteiger partial charge is 0.356 e. The third-order valence-electron chi connectivity index (χ3n) is 15.3. The molecule has 0 radical (unpaired) electrons. The molecule has 3 nitrogen and oxygen atoms in total. The average molecular weight is 916 g/mol. The van der Waals surface area contributed by atoms with Gasteiger partial charge in [0.25, 0.3) is 0 Å². The van der Waals surface area contributed by atoms with Gasteiger partial charge in [-0.1, -0.05) is 317 Å². The van der Waals surface area contributed by atoms with Crippen LogP contribution in [0.1, 0.15) is 343 Å². The van der Waals surface area contributed by atoms with Gasteiger partial charge in [-0.3, -0.25) is 4.79 Å². The van der Waals surface area contributed by atoms with E-state index in [4.69, 9.17) is 0 Å². The Morgan fingerprint density at radius 2 is 0.631 bits per heavy atom. The first-order chi connectivity index (χ1) is 31.8. The van der Waals surface area contributed by atoms with E-state index in [1.165, 1.54) is 295 Å². The summed E-state index contributed by atoms with van der Waals surface area (Å²) >= 11 is 0. The van der Waals surface area contributed by atoms with E-state index in [1.807, 2.05) is 0 Å². The lowest BCUT2D eigenvalue weighted by molar-refractivity contribution is -0.121. The van der Waals surface area contributed by atoms with Crippen molar-refractivity contribution in [3.05, 3.63) is 0 Å². The lowest BCUT2D eigenvalue weighted by Gasteiger charge is -2.24. The van der Waals surface area contributed by atoms with Crippen LogP contribution in [0.5, 0.6) is 0 Å². The van der Waals surface area contributed by atoms with Crippen LogP contribution in [0.25, 0.3) is 0 Å². The van der Waals surface area contributed by atoms with Gasteiger partial charge in [0.05, 0.1) is 0 Å². The zero-order chi connectivity index (χ0) is 47.5. The first-order valence-electron chi connectivity index (χ1n) is 30.7. The highest BCUT2D eigenvalue weighted by Gasteiger charge is 2.17. The Morgan fingerprint density at radius 3 is 0.923 bits per heavy atom. The monoisotopic (exact) mass is 915 g/mol. The molecule has 0 spiro atoms. The predicted octanol–water partition coefficient (Wildman–Crippen LogP) is 21.0. The first kappa shape index (κ1) is 64.4. The third-order valence-corrected chi connectivity index (χ3v) is 15.3. The van der Waals surface area contributed by atoms with Crippen molar-refractivity contribution in [3.63, 3.8) is 0 Å². The van der Waals surface area contributed by atoms with Gasteiger partial charge in [-0.05, 0) is 63.6 Å². The van der Waals surface area contributed by atoms with Gasteiger partial charge in [0.2, 0.25) is 5.91 Å². The minimum atomic E-state index is 0.237. The minimum absolute atomic E-state index is 0.237. The second-order valence-corrected chi connectivity index (χ2v) is 22.8. The molecular weight excluding hydrogens is 789 g/mol. The van der Waals surface area contributed by atoms with Crippen LogP contribution in [-0.2, 0) is 4.79 Å². The number of hydrogen-bond donors (Lipinski definition) is 1. The van der Waals surface area contributed by atoms with E-state index in [1.54, 1.807) is 0 Å². The average Bonchev–Trinajstić information content (AvgIpc) is 3.28. The fourth-order valence-electron chi connectivity index (χ4n) is 11.0. The van der Waals surface area contributed by atoms with E-state index < -0.39 is 0 Å². The standard InChI is InChI=1S/C62H126N2O/c1-8-11-14-17-20-23-24-25-26-27-28-29-31-34-40-45-51-61(56-58(4)55-59(5)57-63-62(65)53-47-54-64(6)7)52-46-41-36-35-39-44-50-60(48-42-37-32-22-19-16-13-10-3)49-43-38-33-30-21-18-15-12-9-2/h58-61H,8-57H2,1-7H3,(H,63,65). The molecule has 65 heavy (non-hydrogen) atoms. The molecule has 0 saturated heterocycles. The molecule has 0 saturated carbocycles. The Bertz CT molecular complexity index is 903. The maximum absolute atomic E-state index is 12.4. The van der Waals surface area contributed by atoms with E-state index in [2.05, 4.69) is 58.9 Å². The lowest BCUT2D eigenvalue weighted by Crippen LogP contribution is -2.29. The highest BCUT2D eigenvalue weighted by molar-refractivity contribution is 5.75. The molecule has 390 valence electrons. The Labute approximate surface area is 412 Å². The van der Waals surface area contributed by atoms with Crippen LogP contribution in [-0.4, -0.2) is 38.0 Å². The zero-order valence-corrected chi connectivity index (χ0v) is 46.5. The topological polar surface area (TPSA) is 32.3 Å². The van der Waals surface area contributed by atoms with Gasteiger partial charge in [-0.2, -0.15) is 0 Å². The van der Waals surface area contributed by atoms with Crippen LogP contribution < -0.4 is 5.32 Å². The van der Waals surface area contributed by atoms with Crippen molar-refractivity contribution in [2.75, 3.05) is 27.2 Å². The van der Waals surface area contributed by atoms with Crippen molar-refractivity contribution in [3.8, 4) is 0 Å². The van der Waals surface area contributed by atoms with E-state index in [9.17, 15) is 4.79 Å². The zero-order valence-electron chi connectivity index (χ0n) is 46.5. The van der Waals surface area contributed by atoms with Gasteiger partial charge in [0.15, 0.2) is 0 Å². The molecule has 4 atom stereocenters. The number of amides is 1. The summed E-state index contributed by atoms with van der Waals surface area (Å²) in [6, 6.07) is 0. The number of nitrogens with zero attached hydrogens (tertiary/aromatic N) is 1. The van der Waals surface area contributed by atoms with Crippen molar-refractivity contribution in [2.24, 2.45) is 23.7 Å². The molecule has 0 aromatic carbocycles. The minimum Gasteiger partial charge on any atom is -0.356 e. The Kier molecular flexibility index (Phi) is 52.3. The summed E-state index contributed by atoms with van der Waals surface area (Å²) in [6.07, 6.45) is 68.4. The summed E-state index contributed by atoms with van der Waals surface area (Å²) in [6.45, 7) is 13.7. The summed E-state index contributed by atoms with van der Waals surface area (Å²) in [5.41, 5.74) is 0. The summed E-state index contributed by atoms with van der Waals surface area (Å²) in [4.78, 5) is 14.6. The van der Waals surface area contributed by atoms with Crippen LogP contribution >= 0.6 is 0 Å². The number of rotatable bonds is 55. The molecule has 0 aliphatic rings. The van der Waals surface area contributed by atoms with Gasteiger partial charge < -0.3 is 10.2 Å². The molecule has 4 unspecified atom stereocenters. The van der Waals surface area contributed by atoms with Gasteiger partial charge >= 0.3 is 0 Å². The molecule has 0 aromatic heterocycles. The van der Waals surface area contributed by atoms with Crippen molar-refractivity contribution in [2.45, 2.75) is 343 Å². The van der Waals surface area contributed by atoms with Gasteiger partial charge in [-0.15, -0.1) is 0 Å². The fourth-order valence-corrected chi connectivity index (χ4v) is 11.0. The van der Waals surface area contributed by atoms with Crippen LogP contribution in [0.4, 0.5) is 0 Å². The molecule has 0 fully saturated rings. The van der Waals surface area contributed by atoms with E-state index in [0.717, 1.165) is 37.3 Å². The fraction of sp³-hybridized carbons (Fsp3) is 0.984.